The molecule has 0 saturated carbocycles. The van der Waals surface area contributed by atoms with E-state index in [9.17, 15) is 4.79 Å². The van der Waals surface area contributed by atoms with Gasteiger partial charge in [-0.05, 0) is 31.4 Å². The number of rotatable bonds is 5. The lowest BCUT2D eigenvalue weighted by Gasteiger charge is -2.16. The van der Waals surface area contributed by atoms with Crippen LogP contribution >= 0.6 is 0 Å². The first-order valence-electron chi connectivity index (χ1n) is 7.97. The van der Waals surface area contributed by atoms with E-state index in [-0.39, 0.29) is 12.0 Å². The van der Waals surface area contributed by atoms with E-state index in [1.54, 1.807) is 0 Å². The molecule has 1 aromatic rings. The van der Waals surface area contributed by atoms with Gasteiger partial charge < -0.3 is 15.0 Å². The Morgan fingerprint density at radius 2 is 2.19 bits per heavy atom. The summed E-state index contributed by atoms with van der Waals surface area (Å²) in [6.45, 7) is 5.54. The van der Waals surface area contributed by atoms with Gasteiger partial charge >= 0.3 is 0 Å². The predicted molar refractivity (Wildman–Crippen MR) is 82.6 cm³/mol. The standard InChI is InChI=1S/C17H24N2O2/c1-13-4-5-16-14(10-13)11-15(21-16)12-18-7-6-17(20)19-8-2-3-9-19/h4-5,10,15,18H,2-3,6-9,11-12H2,1H3. The molecule has 0 spiro atoms. The number of aryl methyl sites for hydroxylation is 1. The summed E-state index contributed by atoms with van der Waals surface area (Å²) < 4.78 is 5.91. The van der Waals surface area contributed by atoms with Crippen molar-refractivity contribution in [3.8, 4) is 5.75 Å². The molecule has 0 aromatic heterocycles. The van der Waals surface area contributed by atoms with Crippen LogP contribution in [-0.2, 0) is 11.2 Å². The number of amides is 1. The van der Waals surface area contributed by atoms with Crippen molar-refractivity contribution in [1.29, 1.82) is 0 Å². The number of carbonyl (C=O) groups excluding carboxylic acids is 1. The van der Waals surface area contributed by atoms with Crippen molar-refractivity contribution in [2.24, 2.45) is 0 Å². The van der Waals surface area contributed by atoms with Crippen LogP contribution in [0.2, 0.25) is 0 Å². The monoisotopic (exact) mass is 288 g/mol. The van der Waals surface area contributed by atoms with Gasteiger partial charge in [0.2, 0.25) is 5.91 Å². The van der Waals surface area contributed by atoms with E-state index in [1.165, 1.54) is 11.1 Å². The van der Waals surface area contributed by atoms with Gasteiger partial charge in [0, 0.05) is 39.0 Å². The molecule has 1 saturated heterocycles. The maximum Gasteiger partial charge on any atom is 0.223 e. The molecule has 2 aliphatic rings. The Bertz CT molecular complexity index is 510. The number of benzene rings is 1. The molecule has 2 heterocycles. The molecule has 3 rings (SSSR count). The van der Waals surface area contributed by atoms with Crippen molar-refractivity contribution in [3.63, 3.8) is 0 Å². The second-order valence-electron chi connectivity index (χ2n) is 6.10. The van der Waals surface area contributed by atoms with Gasteiger partial charge in [0.05, 0.1) is 0 Å². The number of likely N-dealkylation sites (tertiary alicyclic amines) is 1. The van der Waals surface area contributed by atoms with Gasteiger partial charge in [-0.25, -0.2) is 0 Å². The first kappa shape index (κ1) is 14.4. The zero-order valence-corrected chi connectivity index (χ0v) is 12.7. The molecule has 1 N–H and O–H groups in total. The van der Waals surface area contributed by atoms with Crippen LogP contribution in [0.4, 0.5) is 0 Å². The zero-order valence-electron chi connectivity index (χ0n) is 12.7. The number of hydrogen-bond acceptors (Lipinski definition) is 3. The van der Waals surface area contributed by atoms with E-state index in [0.717, 1.165) is 51.2 Å². The van der Waals surface area contributed by atoms with Gasteiger partial charge in [0.25, 0.3) is 0 Å². The summed E-state index contributed by atoms with van der Waals surface area (Å²) in [7, 11) is 0. The van der Waals surface area contributed by atoms with E-state index in [4.69, 9.17) is 4.74 Å². The van der Waals surface area contributed by atoms with Crippen molar-refractivity contribution >= 4 is 5.91 Å². The SMILES string of the molecule is Cc1ccc2c(c1)CC(CNCCC(=O)N1CCCC1)O2. The van der Waals surface area contributed by atoms with Crippen molar-refractivity contribution < 1.29 is 9.53 Å². The average Bonchev–Trinajstić information content (AvgIpc) is 3.11. The second kappa shape index (κ2) is 6.48. The van der Waals surface area contributed by atoms with E-state index in [1.807, 2.05) is 4.90 Å². The Labute approximate surface area is 126 Å². The summed E-state index contributed by atoms with van der Waals surface area (Å²) in [5.74, 6) is 1.30. The van der Waals surface area contributed by atoms with Crippen LogP contribution in [0.3, 0.4) is 0 Å². The minimum atomic E-state index is 0.198. The molecular formula is C17H24N2O2. The van der Waals surface area contributed by atoms with Crippen LogP contribution in [0.25, 0.3) is 0 Å². The molecule has 0 radical (unpaired) electrons. The highest BCUT2D eigenvalue weighted by atomic mass is 16.5. The molecule has 0 bridgehead atoms. The fourth-order valence-electron chi connectivity index (χ4n) is 3.15. The molecule has 114 valence electrons. The molecular weight excluding hydrogens is 264 g/mol. The number of hydrogen-bond donors (Lipinski definition) is 1. The Morgan fingerprint density at radius 1 is 1.38 bits per heavy atom. The molecule has 4 nitrogen and oxygen atoms in total. The van der Waals surface area contributed by atoms with E-state index in [0.29, 0.717) is 6.42 Å². The topological polar surface area (TPSA) is 41.6 Å². The van der Waals surface area contributed by atoms with Gasteiger partial charge in [-0.3, -0.25) is 4.79 Å². The number of carbonyl (C=O) groups is 1. The molecule has 0 aliphatic carbocycles. The summed E-state index contributed by atoms with van der Waals surface area (Å²) in [6, 6.07) is 6.34. The largest absolute Gasteiger partial charge is 0.488 e. The number of ether oxygens (including phenoxy) is 1. The minimum Gasteiger partial charge on any atom is -0.488 e. The minimum absolute atomic E-state index is 0.198. The van der Waals surface area contributed by atoms with Gasteiger partial charge in [-0.15, -0.1) is 0 Å². The Kier molecular flexibility index (Phi) is 4.44. The zero-order chi connectivity index (χ0) is 14.7. The van der Waals surface area contributed by atoms with Crippen molar-refractivity contribution in [2.45, 2.75) is 38.7 Å². The molecule has 4 heteroatoms. The molecule has 2 aliphatic heterocycles. The third-order valence-electron chi connectivity index (χ3n) is 4.30. The Hall–Kier alpha value is -1.55. The van der Waals surface area contributed by atoms with Crippen LogP contribution < -0.4 is 10.1 Å². The predicted octanol–water partition coefficient (Wildman–Crippen LogP) is 1.90. The third kappa shape index (κ3) is 3.56. The van der Waals surface area contributed by atoms with Crippen LogP contribution in [0.5, 0.6) is 5.75 Å². The quantitative estimate of drug-likeness (QED) is 0.841. The second-order valence-corrected chi connectivity index (χ2v) is 6.10. The van der Waals surface area contributed by atoms with E-state index in [2.05, 4.69) is 30.4 Å². The van der Waals surface area contributed by atoms with Crippen molar-refractivity contribution in [1.82, 2.24) is 10.2 Å². The third-order valence-corrected chi connectivity index (χ3v) is 4.30. The molecule has 1 fully saturated rings. The number of nitrogens with one attached hydrogen (secondary N) is 1. The summed E-state index contributed by atoms with van der Waals surface area (Å²) >= 11 is 0. The van der Waals surface area contributed by atoms with Gasteiger partial charge in [-0.1, -0.05) is 17.7 Å². The van der Waals surface area contributed by atoms with Crippen LogP contribution in [0.1, 0.15) is 30.4 Å². The van der Waals surface area contributed by atoms with Crippen molar-refractivity contribution in [3.05, 3.63) is 29.3 Å². The highest BCUT2D eigenvalue weighted by Gasteiger charge is 2.22. The summed E-state index contributed by atoms with van der Waals surface area (Å²) in [4.78, 5) is 13.9. The first-order valence-corrected chi connectivity index (χ1v) is 7.97. The molecule has 21 heavy (non-hydrogen) atoms. The summed E-state index contributed by atoms with van der Waals surface area (Å²) in [5.41, 5.74) is 2.58. The van der Waals surface area contributed by atoms with Crippen LogP contribution in [-0.4, -0.2) is 43.1 Å². The van der Waals surface area contributed by atoms with Crippen LogP contribution in [0, 0.1) is 6.92 Å². The molecule has 1 amide bonds. The Balaban J connectivity index is 1.36. The fraction of sp³-hybridized carbons (Fsp3) is 0.588. The highest BCUT2D eigenvalue weighted by Crippen LogP contribution is 2.29. The lowest BCUT2D eigenvalue weighted by atomic mass is 10.1. The number of fused-ring (bicyclic) bond motifs is 1. The lowest BCUT2D eigenvalue weighted by molar-refractivity contribution is -0.130. The normalized spacial score (nSPS) is 20.4. The molecule has 1 atom stereocenters. The fourth-order valence-corrected chi connectivity index (χ4v) is 3.15. The van der Waals surface area contributed by atoms with E-state index >= 15 is 0 Å². The van der Waals surface area contributed by atoms with Gasteiger partial charge in [-0.2, -0.15) is 0 Å². The lowest BCUT2D eigenvalue weighted by Crippen LogP contribution is -2.34. The highest BCUT2D eigenvalue weighted by molar-refractivity contribution is 5.76. The first-order chi connectivity index (χ1) is 10.2. The Morgan fingerprint density at radius 3 is 3.00 bits per heavy atom. The van der Waals surface area contributed by atoms with E-state index < -0.39 is 0 Å². The molecule has 1 unspecified atom stereocenters. The maximum atomic E-state index is 11.9. The van der Waals surface area contributed by atoms with Crippen molar-refractivity contribution in [2.75, 3.05) is 26.2 Å². The smallest absolute Gasteiger partial charge is 0.223 e. The number of nitrogens with zero attached hydrogens (tertiary/aromatic N) is 1. The molecule has 1 aromatic carbocycles. The van der Waals surface area contributed by atoms with Gasteiger partial charge in [0.15, 0.2) is 0 Å². The summed E-state index contributed by atoms with van der Waals surface area (Å²) in [6.07, 6.45) is 4.08. The van der Waals surface area contributed by atoms with Gasteiger partial charge in [0.1, 0.15) is 11.9 Å². The summed E-state index contributed by atoms with van der Waals surface area (Å²) in [5, 5.41) is 3.36. The van der Waals surface area contributed by atoms with Crippen LogP contribution in [0.15, 0.2) is 18.2 Å². The average molecular weight is 288 g/mol. The maximum absolute atomic E-state index is 11.9.